The molecule has 0 spiro atoms. The molecule has 106 valence electrons. The topological polar surface area (TPSA) is 12.0 Å². The fourth-order valence-corrected chi connectivity index (χ4v) is 2.95. The van der Waals surface area contributed by atoms with Gasteiger partial charge in [-0.3, -0.25) is 0 Å². The summed E-state index contributed by atoms with van der Waals surface area (Å²) in [6.07, 6.45) is 0.560. The van der Waals surface area contributed by atoms with Crippen LogP contribution < -0.4 is 5.32 Å². The zero-order valence-electron chi connectivity index (χ0n) is 10.8. The Balaban J connectivity index is 2.31. The highest BCUT2D eigenvalue weighted by atomic mass is 79.9. The van der Waals surface area contributed by atoms with Crippen LogP contribution in [0, 0.1) is 11.6 Å². The van der Waals surface area contributed by atoms with Gasteiger partial charge in [0, 0.05) is 20.6 Å². The molecule has 2 aromatic carbocycles. The Kier molecular flexibility index (Phi) is 5.29. The van der Waals surface area contributed by atoms with Crippen LogP contribution in [0.15, 0.2) is 45.3 Å². The van der Waals surface area contributed by atoms with Gasteiger partial charge in [0.15, 0.2) is 0 Å². The van der Waals surface area contributed by atoms with E-state index in [0.717, 1.165) is 10.0 Å². The molecule has 0 aliphatic heterocycles. The molecule has 0 amide bonds. The van der Waals surface area contributed by atoms with Crippen LogP contribution >= 0.6 is 31.9 Å². The lowest BCUT2D eigenvalue weighted by atomic mass is 9.98. The summed E-state index contributed by atoms with van der Waals surface area (Å²) >= 11 is 6.69. The molecule has 1 nitrogen and oxygen atoms in total. The van der Waals surface area contributed by atoms with Crippen LogP contribution in [0.5, 0.6) is 0 Å². The van der Waals surface area contributed by atoms with Gasteiger partial charge in [0.05, 0.1) is 0 Å². The van der Waals surface area contributed by atoms with Crippen molar-refractivity contribution < 1.29 is 8.78 Å². The highest BCUT2D eigenvalue weighted by Gasteiger charge is 2.16. The minimum absolute atomic E-state index is 0.186. The van der Waals surface area contributed by atoms with Crippen LogP contribution in [0.4, 0.5) is 8.78 Å². The molecule has 0 saturated heterocycles. The fourth-order valence-electron chi connectivity index (χ4n) is 2.06. The van der Waals surface area contributed by atoms with E-state index >= 15 is 0 Å². The summed E-state index contributed by atoms with van der Waals surface area (Å²) in [5.74, 6) is -0.555. The quantitative estimate of drug-likeness (QED) is 0.756. The van der Waals surface area contributed by atoms with E-state index in [1.54, 1.807) is 25.2 Å². The lowest BCUT2D eigenvalue weighted by Gasteiger charge is -2.18. The first-order valence-electron chi connectivity index (χ1n) is 6.07. The minimum atomic E-state index is -0.296. The van der Waals surface area contributed by atoms with Crippen molar-refractivity contribution in [1.82, 2.24) is 5.32 Å². The molecule has 0 fully saturated rings. The Morgan fingerprint density at radius 2 is 1.85 bits per heavy atom. The van der Waals surface area contributed by atoms with E-state index in [9.17, 15) is 8.78 Å². The molecule has 5 heteroatoms. The highest BCUT2D eigenvalue weighted by Crippen LogP contribution is 2.27. The average molecular weight is 405 g/mol. The normalized spacial score (nSPS) is 12.4. The molecule has 0 heterocycles. The van der Waals surface area contributed by atoms with Gasteiger partial charge in [0.1, 0.15) is 11.6 Å². The number of benzene rings is 2. The maximum absolute atomic E-state index is 13.9. The lowest BCUT2D eigenvalue weighted by Crippen LogP contribution is -2.20. The van der Waals surface area contributed by atoms with E-state index in [-0.39, 0.29) is 17.7 Å². The van der Waals surface area contributed by atoms with Crippen LogP contribution in [0.3, 0.4) is 0 Å². The van der Waals surface area contributed by atoms with Gasteiger partial charge < -0.3 is 5.32 Å². The summed E-state index contributed by atoms with van der Waals surface area (Å²) in [4.78, 5) is 0. The molecule has 0 saturated carbocycles. The van der Waals surface area contributed by atoms with Gasteiger partial charge >= 0.3 is 0 Å². The number of hydrogen-bond acceptors (Lipinski definition) is 1. The number of halogens is 4. The van der Waals surface area contributed by atoms with Gasteiger partial charge in [0.2, 0.25) is 0 Å². The Morgan fingerprint density at radius 1 is 1.10 bits per heavy atom. The maximum atomic E-state index is 13.9. The second-order valence-corrected chi connectivity index (χ2v) is 6.22. The van der Waals surface area contributed by atoms with E-state index in [0.29, 0.717) is 16.5 Å². The van der Waals surface area contributed by atoms with Crippen LogP contribution in [0.25, 0.3) is 0 Å². The van der Waals surface area contributed by atoms with E-state index in [1.807, 2.05) is 0 Å². The largest absolute Gasteiger partial charge is 0.313 e. The third-order valence-corrected chi connectivity index (χ3v) is 4.35. The molecule has 0 aliphatic carbocycles. The smallest absolute Gasteiger partial charge is 0.128 e. The molecule has 0 aliphatic rings. The first-order chi connectivity index (χ1) is 9.51. The van der Waals surface area contributed by atoms with Gasteiger partial charge in [-0.1, -0.05) is 37.9 Å². The Bertz CT molecular complexity index is 617. The molecule has 20 heavy (non-hydrogen) atoms. The second-order valence-electron chi connectivity index (χ2n) is 4.45. The van der Waals surface area contributed by atoms with Gasteiger partial charge in [-0.15, -0.1) is 0 Å². The zero-order chi connectivity index (χ0) is 14.7. The van der Waals surface area contributed by atoms with E-state index < -0.39 is 0 Å². The van der Waals surface area contributed by atoms with Gasteiger partial charge in [0.25, 0.3) is 0 Å². The minimum Gasteiger partial charge on any atom is -0.313 e. The second kappa shape index (κ2) is 6.78. The molecular weight excluding hydrogens is 392 g/mol. The maximum Gasteiger partial charge on any atom is 0.128 e. The summed E-state index contributed by atoms with van der Waals surface area (Å²) in [5.41, 5.74) is 1.50. The molecule has 2 rings (SSSR count). The Labute approximate surface area is 133 Å². The predicted molar refractivity (Wildman–Crippen MR) is 83.7 cm³/mol. The fraction of sp³-hybridized carbons (Fsp3) is 0.200. The third-order valence-electron chi connectivity index (χ3n) is 3.12. The Hall–Kier alpha value is -0.780. The Morgan fingerprint density at radius 3 is 2.50 bits per heavy atom. The number of nitrogens with one attached hydrogen (secondary N) is 1. The molecule has 1 atom stereocenters. The van der Waals surface area contributed by atoms with E-state index in [2.05, 4.69) is 37.2 Å². The van der Waals surface area contributed by atoms with E-state index in [4.69, 9.17) is 0 Å². The summed E-state index contributed by atoms with van der Waals surface area (Å²) in [6, 6.07) is 9.20. The summed E-state index contributed by atoms with van der Waals surface area (Å²) in [7, 11) is 1.78. The molecule has 0 radical (unpaired) electrons. The van der Waals surface area contributed by atoms with Crippen LogP contribution in [-0.4, -0.2) is 7.05 Å². The van der Waals surface area contributed by atoms with E-state index in [1.165, 1.54) is 18.2 Å². The molecule has 0 bridgehead atoms. The zero-order valence-corrected chi connectivity index (χ0v) is 13.9. The first-order valence-corrected chi connectivity index (χ1v) is 7.66. The molecule has 2 aromatic rings. The van der Waals surface area contributed by atoms with Crippen LogP contribution in [0.1, 0.15) is 17.2 Å². The van der Waals surface area contributed by atoms with Crippen molar-refractivity contribution >= 4 is 31.9 Å². The predicted octanol–water partition coefficient (Wildman–Crippen LogP) is 4.99. The third kappa shape index (κ3) is 3.65. The van der Waals surface area contributed by atoms with Crippen molar-refractivity contribution in [3.8, 4) is 0 Å². The van der Waals surface area contributed by atoms with Crippen molar-refractivity contribution in [3.05, 3.63) is 68.1 Å². The van der Waals surface area contributed by atoms with Gasteiger partial charge in [-0.05, 0) is 49.4 Å². The summed E-state index contributed by atoms with van der Waals surface area (Å²) < 4.78 is 28.6. The van der Waals surface area contributed by atoms with Gasteiger partial charge in [-0.2, -0.15) is 0 Å². The average Bonchev–Trinajstić information content (AvgIpc) is 2.41. The summed E-state index contributed by atoms with van der Waals surface area (Å²) in [6.45, 7) is 0. The number of hydrogen-bond donors (Lipinski definition) is 1. The van der Waals surface area contributed by atoms with Crippen LogP contribution in [-0.2, 0) is 6.42 Å². The summed E-state index contributed by atoms with van der Waals surface area (Å²) in [5, 5.41) is 3.10. The highest BCUT2D eigenvalue weighted by molar-refractivity contribution is 9.10. The molecule has 0 aromatic heterocycles. The van der Waals surface area contributed by atoms with Crippen molar-refractivity contribution in [2.75, 3.05) is 7.05 Å². The molecular formula is C15H13Br2F2N. The standard InChI is InChI=1S/C15H13Br2F2N/c1-20-15(12-7-10(16)3-5-14(12)19)6-9-2-4-11(18)8-13(9)17/h2-5,7-8,15,20H,6H2,1H3. The van der Waals surface area contributed by atoms with Crippen LogP contribution in [0.2, 0.25) is 0 Å². The first kappa shape index (κ1) is 15.6. The van der Waals surface area contributed by atoms with Gasteiger partial charge in [-0.25, -0.2) is 8.78 Å². The SMILES string of the molecule is CNC(Cc1ccc(F)cc1Br)c1cc(Br)ccc1F. The molecule has 1 N–H and O–H groups in total. The molecule has 1 unspecified atom stereocenters. The van der Waals surface area contributed by atoms with Crippen molar-refractivity contribution in [2.24, 2.45) is 0 Å². The van der Waals surface area contributed by atoms with Crippen molar-refractivity contribution in [1.29, 1.82) is 0 Å². The lowest BCUT2D eigenvalue weighted by molar-refractivity contribution is 0.532. The van der Waals surface area contributed by atoms with Crippen molar-refractivity contribution in [3.63, 3.8) is 0 Å². The number of likely N-dealkylation sites (N-methyl/N-ethyl adjacent to an activating group) is 1. The monoisotopic (exact) mass is 403 g/mol. The number of rotatable bonds is 4. The van der Waals surface area contributed by atoms with Crippen molar-refractivity contribution in [2.45, 2.75) is 12.5 Å².